The summed E-state index contributed by atoms with van der Waals surface area (Å²) in [5.41, 5.74) is 5.06. The molecule has 0 fully saturated rings. The lowest BCUT2D eigenvalue weighted by Crippen LogP contribution is -2.29. The van der Waals surface area contributed by atoms with Gasteiger partial charge in [-0.1, -0.05) is 17.7 Å². The van der Waals surface area contributed by atoms with Gasteiger partial charge in [-0.2, -0.15) is 0 Å². The highest BCUT2D eigenvalue weighted by Crippen LogP contribution is 2.31. The van der Waals surface area contributed by atoms with Gasteiger partial charge in [-0.25, -0.2) is 4.90 Å². The second kappa shape index (κ2) is 8.30. The highest BCUT2D eigenvalue weighted by atomic mass is 16.5. The van der Waals surface area contributed by atoms with Gasteiger partial charge in [0.1, 0.15) is 5.75 Å². The number of amides is 3. The monoisotopic (exact) mass is 428 g/mol. The van der Waals surface area contributed by atoms with Crippen LogP contribution in [0.3, 0.4) is 0 Å². The summed E-state index contributed by atoms with van der Waals surface area (Å²) in [6.07, 6.45) is 0. The van der Waals surface area contributed by atoms with Gasteiger partial charge < -0.3 is 10.1 Å². The Kier molecular flexibility index (Phi) is 5.53. The van der Waals surface area contributed by atoms with Crippen LogP contribution in [0.4, 0.5) is 11.4 Å². The fourth-order valence-corrected chi connectivity index (χ4v) is 4.04. The van der Waals surface area contributed by atoms with Crippen LogP contribution in [-0.2, 0) is 0 Å². The molecule has 0 saturated carbocycles. The number of hydrogen-bond donors (Lipinski definition) is 1. The van der Waals surface area contributed by atoms with Crippen molar-refractivity contribution in [1.82, 2.24) is 0 Å². The van der Waals surface area contributed by atoms with Crippen LogP contribution in [0.25, 0.3) is 0 Å². The molecule has 1 N–H and O–H groups in total. The molecular formula is C26H24N2O4. The molecule has 0 aromatic heterocycles. The number of benzene rings is 3. The average molecular weight is 428 g/mol. The van der Waals surface area contributed by atoms with E-state index < -0.39 is 11.8 Å². The molecule has 0 saturated heterocycles. The van der Waals surface area contributed by atoms with Crippen LogP contribution in [0.1, 0.15) is 54.7 Å². The van der Waals surface area contributed by atoms with Gasteiger partial charge in [0.2, 0.25) is 0 Å². The number of imide groups is 1. The summed E-state index contributed by atoms with van der Waals surface area (Å²) in [4.78, 5) is 40.0. The van der Waals surface area contributed by atoms with Gasteiger partial charge in [0.05, 0.1) is 23.4 Å². The highest BCUT2D eigenvalue weighted by molar-refractivity contribution is 6.34. The Morgan fingerprint density at radius 3 is 2.12 bits per heavy atom. The minimum Gasteiger partial charge on any atom is -0.494 e. The average Bonchev–Trinajstić information content (AvgIpc) is 3.01. The number of carbonyl (C=O) groups is 3. The number of fused-ring (bicyclic) bond motifs is 1. The minimum atomic E-state index is -0.452. The molecule has 32 heavy (non-hydrogen) atoms. The third-order valence-corrected chi connectivity index (χ3v) is 5.47. The molecule has 0 spiro atoms. The van der Waals surface area contributed by atoms with Crippen LogP contribution < -0.4 is 15.0 Å². The maximum absolute atomic E-state index is 13.0. The maximum Gasteiger partial charge on any atom is 0.266 e. The number of aryl methyl sites for hydroxylation is 3. The van der Waals surface area contributed by atoms with Gasteiger partial charge >= 0.3 is 0 Å². The van der Waals surface area contributed by atoms with E-state index in [0.717, 1.165) is 27.3 Å². The lowest BCUT2D eigenvalue weighted by molar-refractivity contribution is 0.0925. The van der Waals surface area contributed by atoms with Crippen molar-refractivity contribution in [2.45, 2.75) is 27.7 Å². The van der Waals surface area contributed by atoms with E-state index >= 15 is 0 Å². The Morgan fingerprint density at radius 2 is 1.50 bits per heavy atom. The van der Waals surface area contributed by atoms with Gasteiger partial charge in [-0.15, -0.1) is 0 Å². The van der Waals surface area contributed by atoms with Crippen LogP contribution in [0.15, 0.2) is 54.6 Å². The van der Waals surface area contributed by atoms with Crippen LogP contribution in [0, 0.1) is 20.8 Å². The van der Waals surface area contributed by atoms with E-state index in [4.69, 9.17) is 4.74 Å². The fourth-order valence-electron chi connectivity index (χ4n) is 4.04. The van der Waals surface area contributed by atoms with Crippen molar-refractivity contribution in [2.75, 3.05) is 16.8 Å². The Hall–Kier alpha value is -3.93. The number of nitrogens with zero attached hydrogens (tertiary/aromatic N) is 1. The van der Waals surface area contributed by atoms with Crippen LogP contribution >= 0.6 is 0 Å². The first-order chi connectivity index (χ1) is 15.3. The number of carbonyl (C=O) groups excluding carboxylic acids is 3. The number of nitrogens with one attached hydrogen (secondary N) is 1. The summed E-state index contributed by atoms with van der Waals surface area (Å²) < 4.78 is 5.42. The maximum atomic E-state index is 13.0. The molecule has 162 valence electrons. The van der Waals surface area contributed by atoms with Crippen molar-refractivity contribution in [1.29, 1.82) is 0 Å². The molecule has 6 nitrogen and oxygen atoms in total. The lowest BCUT2D eigenvalue weighted by Gasteiger charge is -2.14. The molecule has 3 aromatic carbocycles. The number of ether oxygens (including phenoxy) is 1. The Morgan fingerprint density at radius 1 is 0.875 bits per heavy atom. The highest BCUT2D eigenvalue weighted by Gasteiger charge is 2.37. The summed E-state index contributed by atoms with van der Waals surface area (Å²) in [6, 6.07) is 15.4. The molecule has 3 aromatic rings. The van der Waals surface area contributed by atoms with Crippen molar-refractivity contribution in [3.05, 3.63) is 88.0 Å². The molecule has 4 rings (SSSR count). The third-order valence-electron chi connectivity index (χ3n) is 5.47. The molecule has 1 aliphatic rings. The van der Waals surface area contributed by atoms with Gasteiger partial charge in [0.15, 0.2) is 0 Å². The van der Waals surface area contributed by atoms with Crippen molar-refractivity contribution >= 4 is 29.1 Å². The van der Waals surface area contributed by atoms with E-state index in [1.54, 1.807) is 30.3 Å². The standard InChI is InChI=1S/C26H24N2O4/c1-5-32-20-9-7-19(8-10-20)28-25(30)21-11-6-18(14-22(21)26(28)31)24(29)27-23-16(3)12-15(2)13-17(23)4/h6-14H,5H2,1-4H3,(H,27,29). The number of anilines is 2. The number of rotatable bonds is 5. The predicted molar refractivity (Wildman–Crippen MR) is 124 cm³/mol. The van der Waals surface area contributed by atoms with Gasteiger partial charge in [-0.3, -0.25) is 14.4 Å². The van der Waals surface area contributed by atoms with E-state index in [0.29, 0.717) is 23.6 Å². The Labute approximate surface area is 186 Å². The molecule has 0 unspecified atom stereocenters. The van der Waals surface area contributed by atoms with Crippen LogP contribution in [-0.4, -0.2) is 24.3 Å². The van der Waals surface area contributed by atoms with E-state index in [1.807, 2.05) is 39.8 Å². The molecular weight excluding hydrogens is 404 g/mol. The largest absolute Gasteiger partial charge is 0.494 e. The first-order valence-electron chi connectivity index (χ1n) is 10.4. The zero-order valence-electron chi connectivity index (χ0n) is 18.5. The molecule has 0 bridgehead atoms. The molecule has 6 heteroatoms. The molecule has 1 heterocycles. The summed E-state index contributed by atoms with van der Waals surface area (Å²) >= 11 is 0. The van der Waals surface area contributed by atoms with E-state index in [2.05, 4.69) is 5.32 Å². The van der Waals surface area contributed by atoms with E-state index in [9.17, 15) is 14.4 Å². The van der Waals surface area contributed by atoms with Crippen LogP contribution in [0.2, 0.25) is 0 Å². The van der Waals surface area contributed by atoms with E-state index in [1.165, 1.54) is 12.1 Å². The smallest absolute Gasteiger partial charge is 0.266 e. The normalized spacial score (nSPS) is 12.7. The quantitative estimate of drug-likeness (QED) is 0.576. The Balaban J connectivity index is 1.61. The van der Waals surface area contributed by atoms with Crippen molar-refractivity contribution in [3.63, 3.8) is 0 Å². The summed E-state index contributed by atoms with van der Waals surface area (Å²) in [6.45, 7) is 8.29. The van der Waals surface area contributed by atoms with Gasteiger partial charge in [0, 0.05) is 11.3 Å². The second-order valence-electron chi connectivity index (χ2n) is 7.86. The number of hydrogen-bond acceptors (Lipinski definition) is 4. The zero-order valence-corrected chi connectivity index (χ0v) is 18.5. The molecule has 0 radical (unpaired) electrons. The molecule has 3 amide bonds. The second-order valence-corrected chi connectivity index (χ2v) is 7.86. The first-order valence-corrected chi connectivity index (χ1v) is 10.4. The summed E-state index contributed by atoms with van der Waals surface area (Å²) in [5.74, 6) is -0.533. The SMILES string of the molecule is CCOc1ccc(N2C(=O)c3ccc(C(=O)Nc4c(C)cc(C)cc4C)cc3C2=O)cc1. The summed E-state index contributed by atoms with van der Waals surface area (Å²) in [5, 5.41) is 2.94. The zero-order chi connectivity index (χ0) is 23.0. The molecule has 1 aliphatic heterocycles. The first kappa shape index (κ1) is 21.3. The topological polar surface area (TPSA) is 75.7 Å². The fraction of sp³-hybridized carbons (Fsp3) is 0.192. The molecule has 0 atom stereocenters. The predicted octanol–water partition coefficient (Wildman–Crippen LogP) is 5.06. The van der Waals surface area contributed by atoms with Gasteiger partial charge in [0.25, 0.3) is 17.7 Å². The summed E-state index contributed by atoms with van der Waals surface area (Å²) in [7, 11) is 0. The third kappa shape index (κ3) is 3.75. The van der Waals surface area contributed by atoms with Gasteiger partial charge in [-0.05, 0) is 81.3 Å². The van der Waals surface area contributed by atoms with E-state index in [-0.39, 0.29) is 17.0 Å². The van der Waals surface area contributed by atoms with Crippen molar-refractivity contribution in [3.8, 4) is 5.75 Å². The van der Waals surface area contributed by atoms with Crippen molar-refractivity contribution in [2.24, 2.45) is 0 Å². The Bertz CT molecular complexity index is 1220. The van der Waals surface area contributed by atoms with Crippen LogP contribution in [0.5, 0.6) is 5.75 Å². The lowest BCUT2D eigenvalue weighted by atomic mass is 10.0. The minimum absolute atomic E-state index is 0.217. The van der Waals surface area contributed by atoms with Crippen molar-refractivity contribution < 1.29 is 19.1 Å². The molecule has 0 aliphatic carbocycles.